The molecule has 1 aromatic heterocycles. The molecular formula is C18H22F3N5O2S. The summed E-state index contributed by atoms with van der Waals surface area (Å²) in [5, 5.41) is 5.22. The van der Waals surface area contributed by atoms with Crippen LogP contribution >= 0.6 is 0 Å². The number of rotatable bonds is 4. The lowest BCUT2D eigenvalue weighted by atomic mass is 9.99. The number of primary sulfonamides is 1. The summed E-state index contributed by atoms with van der Waals surface area (Å²) < 4.78 is 62.4. The van der Waals surface area contributed by atoms with Crippen LogP contribution in [0.5, 0.6) is 0 Å². The number of hydrogen-bond donors (Lipinski definition) is 1. The van der Waals surface area contributed by atoms with Crippen molar-refractivity contribution in [1.82, 2.24) is 9.97 Å². The summed E-state index contributed by atoms with van der Waals surface area (Å²) in [6, 6.07) is 7.01. The van der Waals surface area contributed by atoms with Crippen LogP contribution in [0.4, 0.5) is 24.8 Å². The monoisotopic (exact) mass is 429 g/mol. The second-order valence-electron chi connectivity index (χ2n) is 7.23. The van der Waals surface area contributed by atoms with Gasteiger partial charge in [-0.25, -0.2) is 23.5 Å². The number of aromatic nitrogens is 2. The van der Waals surface area contributed by atoms with E-state index in [1.165, 1.54) is 12.1 Å². The van der Waals surface area contributed by atoms with Crippen LogP contribution in [-0.4, -0.2) is 44.1 Å². The van der Waals surface area contributed by atoms with Crippen molar-refractivity contribution in [3.05, 3.63) is 42.2 Å². The average Bonchev–Trinajstić information content (AvgIpc) is 2.66. The third kappa shape index (κ3) is 4.78. The molecular weight excluding hydrogens is 407 g/mol. The normalized spacial score (nSPS) is 18.4. The molecule has 0 spiro atoms. The molecule has 0 amide bonds. The molecule has 1 aliphatic heterocycles. The van der Waals surface area contributed by atoms with Crippen LogP contribution in [0.1, 0.15) is 19.5 Å². The van der Waals surface area contributed by atoms with E-state index in [1.54, 1.807) is 17.0 Å². The van der Waals surface area contributed by atoms with E-state index >= 15 is 0 Å². The third-order valence-electron chi connectivity index (χ3n) is 4.89. The number of benzene rings is 1. The first-order valence-electron chi connectivity index (χ1n) is 9.01. The van der Waals surface area contributed by atoms with Gasteiger partial charge in [0.2, 0.25) is 16.0 Å². The first-order valence-corrected chi connectivity index (χ1v) is 10.6. The Kier molecular flexibility index (Phi) is 5.72. The zero-order valence-electron chi connectivity index (χ0n) is 16.0. The maximum atomic E-state index is 13.0. The van der Waals surface area contributed by atoms with Crippen molar-refractivity contribution in [2.75, 3.05) is 29.4 Å². The molecule has 0 bridgehead atoms. The summed E-state index contributed by atoms with van der Waals surface area (Å²) >= 11 is 0. The van der Waals surface area contributed by atoms with Gasteiger partial charge in [-0.3, -0.25) is 0 Å². The van der Waals surface area contributed by atoms with Crippen LogP contribution in [0, 0.1) is 5.92 Å². The molecule has 1 aromatic carbocycles. The molecule has 1 unspecified atom stereocenters. The molecule has 3 rings (SSSR count). The second-order valence-corrected chi connectivity index (χ2v) is 8.79. The number of nitrogens with two attached hydrogens (primary N) is 1. The largest absolute Gasteiger partial charge is 0.433 e. The van der Waals surface area contributed by atoms with E-state index in [1.807, 2.05) is 18.7 Å². The van der Waals surface area contributed by atoms with Gasteiger partial charge in [-0.15, -0.1) is 0 Å². The molecule has 7 nitrogen and oxygen atoms in total. The molecule has 1 atom stereocenters. The fraction of sp³-hybridized carbons (Fsp3) is 0.444. The van der Waals surface area contributed by atoms with Gasteiger partial charge >= 0.3 is 6.18 Å². The number of halogens is 3. The summed E-state index contributed by atoms with van der Waals surface area (Å²) in [4.78, 5) is 11.6. The summed E-state index contributed by atoms with van der Waals surface area (Å²) in [6.45, 7) is 5.27. The number of alkyl halides is 3. The highest BCUT2D eigenvalue weighted by atomic mass is 32.2. The van der Waals surface area contributed by atoms with E-state index in [-0.39, 0.29) is 22.8 Å². The molecule has 0 radical (unpaired) electrons. The van der Waals surface area contributed by atoms with Crippen LogP contribution < -0.4 is 14.9 Å². The van der Waals surface area contributed by atoms with Crippen molar-refractivity contribution in [3.63, 3.8) is 0 Å². The molecule has 11 heteroatoms. The van der Waals surface area contributed by atoms with E-state index in [9.17, 15) is 21.6 Å². The van der Waals surface area contributed by atoms with Gasteiger partial charge in [0.25, 0.3) is 0 Å². The molecule has 0 aliphatic carbocycles. The van der Waals surface area contributed by atoms with Gasteiger partial charge in [-0.2, -0.15) is 13.2 Å². The Morgan fingerprint density at radius 2 is 1.93 bits per heavy atom. The molecule has 2 aromatic rings. The molecule has 1 fully saturated rings. The van der Waals surface area contributed by atoms with Gasteiger partial charge in [0.15, 0.2) is 0 Å². The summed E-state index contributed by atoms with van der Waals surface area (Å²) in [5.41, 5.74) is -0.292. The van der Waals surface area contributed by atoms with Crippen LogP contribution in [0.25, 0.3) is 0 Å². The van der Waals surface area contributed by atoms with Crippen molar-refractivity contribution >= 4 is 21.7 Å². The van der Waals surface area contributed by atoms with Crippen LogP contribution in [-0.2, 0) is 16.2 Å². The van der Waals surface area contributed by atoms with Crippen molar-refractivity contribution < 1.29 is 21.6 Å². The molecule has 0 saturated carbocycles. The van der Waals surface area contributed by atoms with E-state index in [2.05, 4.69) is 9.97 Å². The van der Waals surface area contributed by atoms with Gasteiger partial charge in [0, 0.05) is 31.5 Å². The number of piperazine rings is 1. The first-order chi connectivity index (χ1) is 13.5. The predicted molar refractivity (Wildman–Crippen MR) is 103 cm³/mol. The highest BCUT2D eigenvalue weighted by Crippen LogP contribution is 2.30. The van der Waals surface area contributed by atoms with Gasteiger partial charge in [-0.05, 0) is 30.2 Å². The minimum atomic E-state index is -4.54. The lowest BCUT2D eigenvalue weighted by molar-refractivity contribution is -0.141. The highest BCUT2D eigenvalue weighted by molar-refractivity contribution is 7.89. The lowest BCUT2D eigenvalue weighted by Gasteiger charge is -2.44. The fourth-order valence-electron chi connectivity index (χ4n) is 3.37. The van der Waals surface area contributed by atoms with Gasteiger partial charge < -0.3 is 9.80 Å². The molecule has 158 valence electrons. The zero-order chi connectivity index (χ0) is 21.4. The lowest BCUT2D eigenvalue weighted by Crippen LogP contribution is -2.56. The van der Waals surface area contributed by atoms with E-state index in [0.717, 1.165) is 12.3 Å². The summed E-state index contributed by atoms with van der Waals surface area (Å²) in [5.74, 6) is 0.133. The Morgan fingerprint density at radius 3 is 2.55 bits per heavy atom. The maximum Gasteiger partial charge on any atom is 0.433 e. The Morgan fingerprint density at radius 1 is 1.21 bits per heavy atom. The van der Waals surface area contributed by atoms with Crippen LogP contribution in [0.15, 0.2) is 41.4 Å². The SMILES string of the molecule is CC(C)C1CN(c2cccc(S(N)(=O)=O)c2)CCN1c1nccc(C(F)(F)F)n1. The Balaban J connectivity index is 1.88. The Bertz CT molecular complexity index is 981. The topological polar surface area (TPSA) is 92.4 Å². The maximum absolute atomic E-state index is 13.0. The van der Waals surface area contributed by atoms with E-state index in [0.29, 0.717) is 25.3 Å². The number of nitrogens with zero attached hydrogens (tertiary/aromatic N) is 4. The van der Waals surface area contributed by atoms with Crippen LogP contribution in [0.2, 0.25) is 0 Å². The standard InChI is InChI=1S/C18H22F3N5O2S/c1-12(2)15-11-25(13-4-3-5-14(10-13)29(22,27)28)8-9-26(15)17-23-7-6-16(24-17)18(19,20)21/h3-7,10,12,15H,8-9,11H2,1-2H3,(H2,22,27,28). The quantitative estimate of drug-likeness (QED) is 0.803. The molecule has 1 aliphatic rings. The Labute approximate surface area is 167 Å². The van der Waals surface area contributed by atoms with Gasteiger partial charge in [0.1, 0.15) is 5.69 Å². The molecule has 2 heterocycles. The zero-order valence-corrected chi connectivity index (χ0v) is 16.8. The van der Waals surface area contributed by atoms with Crippen molar-refractivity contribution in [1.29, 1.82) is 0 Å². The third-order valence-corrected chi connectivity index (χ3v) is 5.80. The molecule has 1 saturated heterocycles. The van der Waals surface area contributed by atoms with E-state index < -0.39 is 21.9 Å². The van der Waals surface area contributed by atoms with E-state index in [4.69, 9.17) is 5.14 Å². The second kappa shape index (κ2) is 7.79. The minimum Gasteiger partial charge on any atom is -0.368 e. The Hall–Kier alpha value is -2.40. The summed E-state index contributed by atoms with van der Waals surface area (Å²) in [6.07, 6.45) is -3.43. The van der Waals surface area contributed by atoms with Gasteiger partial charge in [0.05, 0.1) is 10.9 Å². The van der Waals surface area contributed by atoms with Crippen molar-refractivity contribution in [3.8, 4) is 0 Å². The smallest absolute Gasteiger partial charge is 0.368 e. The highest BCUT2D eigenvalue weighted by Gasteiger charge is 2.35. The predicted octanol–water partition coefficient (Wildman–Crippen LogP) is 2.49. The van der Waals surface area contributed by atoms with Crippen molar-refractivity contribution in [2.24, 2.45) is 11.1 Å². The van der Waals surface area contributed by atoms with Crippen LogP contribution in [0.3, 0.4) is 0 Å². The summed E-state index contributed by atoms with van der Waals surface area (Å²) in [7, 11) is -3.83. The van der Waals surface area contributed by atoms with Gasteiger partial charge in [-0.1, -0.05) is 19.9 Å². The average molecular weight is 429 g/mol. The molecule has 29 heavy (non-hydrogen) atoms. The minimum absolute atomic E-state index is 0.0136. The molecule has 2 N–H and O–H groups in total. The first kappa shape index (κ1) is 21.3. The number of sulfonamides is 1. The number of anilines is 2. The number of hydrogen-bond acceptors (Lipinski definition) is 6. The fourth-order valence-corrected chi connectivity index (χ4v) is 3.92. The van der Waals surface area contributed by atoms with Crippen molar-refractivity contribution in [2.45, 2.75) is 31.0 Å².